The maximum Gasteiger partial charge on any atom is 0.451 e. The predicted octanol–water partition coefficient (Wildman–Crippen LogP) is 2.50. The number of aromatic nitrogens is 3. The molecule has 172 valence electrons. The van der Waals surface area contributed by atoms with Crippen LogP contribution in [0, 0.1) is 5.92 Å². The highest BCUT2D eigenvalue weighted by atomic mass is 19.4. The summed E-state index contributed by atoms with van der Waals surface area (Å²) in [7, 11) is 0. The van der Waals surface area contributed by atoms with Gasteiger partial charge in [0.1, 0.15) is 0 Å². The monoisotopic (exact) mass is 452 g/mol. The Morgan fingerprint density at radius 3 is 2.50 bits per heavy atom. The number of anilines is 1. The summed E-state index contributed by atoms with van der Waals surface area (Å²) in [4.78, 5) is 26.2. The van der Waals surface area contributed by atoms with Crippen molar-refractivity contribution in [1.29, 1.82) is 0 Å². The number of urea groups is 1. The number of hydrogen-bond acceptors (Lipinski definition) is 5. The first kappa shape index (κ1) is 22.1. The molecule has 0 saturated carbocycles. The van der Waals surface area contributed by atoms with Gasteiger partial charge < -0.3 is 24.8 Å². The molecule has 12 heteroatoms. The number of rotatable bonds is 4. The zero-order valence-electron chi connectivity index (χ0n) is 17.2. The molecule has 0 spiro atoms. The second kappa shape index (κ2) is 9.15. The van der Waals surface area contributed by atoms with Crippen molar-refractivity contribution < 1.29 is 27.5 Å². The molecule has 32 heavy (non-hydrogen) atoms. The number of fused-ring (bicyclic) bond motifs is 1. The van der Waals surface area contributed by atoms with Gasteiger partial charge >= 0.3 is 12.2 Å². The molecule has 1 saturated heterocycles. The van der Waals surface area contributed by atoms with Crippen molar-refractivity contribution in [3.63, 3.8) is 0 Å². The van der Waals surface area contributed by atoms with Crippen LogP contribution >= 0.6 is 0 Å². The number of amides is 3. The minimum Gasteiger partial charge on any atom is -0.381 e. The molecule has 9 nitrogen and oxygen atoms in total. The van der Waals surface area contributed by atoms with Gasteiger partial charge in [-0.3, -0.25) is 4.79 Å². The summed E-state index contributed by atoms with van der Waals surface area (Å²) in [5.41, 5.74) is 0.944. The van der Waals surface area contributed by atoms with Crippen molar-refractivity contribution in [1.82, 2.24) is 25.0 Å². The molecule has 2 aliphatic rings. The van der Waals surface area contributed by atoms with Crippen LogP contribution in [0.25, 0.3) is 0 Å². The maximum atomic E-state index is 12.9. The first-order valence-corrected chi connectivity index (χ1v) is 10.3. The quantitative estimate of drug-likeness (QED) is 0.743. The van der Waals surface area contributed by atoms with Gasteiger partial charge in [-0.05, 0) is 43.0 Å². The number of nitrogens with one attached hydrogen (secondary N) is 2. The van der Waals surface area contributed by atoms with Crippen LogP contribution in [0.1, 0.15) is 34.8 Å². The second-order valence-corrected chi connectivity index (χ2v) is 7.78. The van der Waals surface area contributed by atoms with E-state index in [9.17, 15) is 22.8 Å². The van der Waals surface area contributed by atoms with Crippen LogP contribution in [0.4, 0.5) is 23.7 Å². The highest BCUT2D eigenvalue weighted by Gasteiger charge is 2.39. The molecule has 2 N–H and O–H groups in total. The van der Waals surface area contributed by atoms with Crippen LogP contribution in [0.5, 0.6) is 0 Å². The maximum absolute atomic E-state index is 12.9. The third-order valence-electron chi connectivity index (χ3n) is 5.58. The highest BCUT2D eigenvalue weighted by molar-refractivity contribution is 5.95. The fourth-order valence-electron chi connectivity index (χ4n) is 3.74. The number of halogens is 3. The molecule has 0 aliphatic carbocycles. The zero-order valence-corrected chi connectivity index (χ0v) is 17.2. The molecule has 4 rings (SSSR count). The van der Waals surface area contributed by atoms with E-state index in [0.717, 1.165) is 17.4 Å². The fourth-order valence-corrected chi connectivity index (χ4v) is 3.74. The Hall–Kier alpha value is -3.15. The van der Waals surface area contributed by atoms with E-state index in [1.165, 1.54) is 4.90 Å². The third-order valence-corrected chi connectivity index (χ3v) is 5.58. The van der Waals surface area contributed by atoms with Gasteiger partial charge in [0, 0.05) is 44.1 Å². The molecule has 2 aromatic rings. The van der Waals surface area contributed by atoms with Gasteiger partial charge in [-0.25, -0.2) is 4.79 Å². The normalized spacial score (nSPS) is 17.0. The Morgan fingerprint density at radius 1 is 1.09 bits per heavy atom. The van der Waals surface area contributed by atoms with Crippen LogP contribution in [-0.2, 0) is 24.0 Å². The summed E-state index contributed by atoms with van der Waals surface area (Å²) < 4.78 is 45.1. The van der Waals surface area contributed by atoms with Crippen LogP contribution in [0.3, 0.4) is 0 Å². The Labute approximate surface area is 181 Å². The third kappa shape index (κ3) is 5.01. The molecule has 0 atom stereocenters. The van der Waals surface area contributed by atoms with E-state index < -0.39 is 18.0 Å². The molecule has 2 aliphatic heterocycles. The van der Waals surface area contributed by atoms with Crippen molar-refractivity contribution in [3.8, 4) is 0 Å². The molecule has 1 aromatic heterocycles. The van der Waals surface area contributed by atoms with Gasteiger partial charge in [-0.15, -0.1) is 10.2 Å². The fraction of sp³-hybridized carbons (Fsp3) is 0.500. The lowest BCUT2D eigenvalue weighted by atomic mass is 10.0. The second-order valence-electron chi connectivity index (χ2n) is 7.78. The average Bonchev–Trinajstić information content (AvgIpc) is 3.22. The van der Waals surface area contributed by atoms with Crippen molar-refractivity contribution in [2.45, 2.75) is 32.1 Å². The Bertz CT molecular complexity index is 970. The number of alkyl halides is 3. The predicted molar refractivity (Wildman–Crippen MR) is 107 cm³/mol. The van der Waals surface area contributed by atoms with Gasteiger partial charge in [0.15, 0.2) is 5.82 Å². The van der Waals surface area contributed by atoms with E-state index >= 15 is 0 Å². The lowest BCUT2D eigenvalue weighted by Gasteiger charge is -2.28. The van der Waals surface area contributed by atoms with Crippen molar-refractivity contribution >= 4 is 17.6 Å². The van der Waals surface area contributed by atoms with Crippen LogP contribution in [-0.4, -0.2) is 57.9 Å². The van der Waals surface area contributed by atoms with Gasteiger partial charge in [0.05, 0.1) is 6.54 Å². The summed E-state index contributed by atoms with van der Waals surface area (Å²) in [6, 6.07) is 5.96. The molecular formula is C20H23F3N6O3. The number of ether oxygens (including phenoxy) is 1. The first-order valence-electron chi connectivity index (χ1n) is 10.3. The van der Waals surface area contributed by atoms with E-state index in [-0.39, 0.29) is 31.4 Å². The number of hydrogen-bond donors (Lipinski definition) is 2. The average molecular weight is 452 g/mol. The summed E-state index contributed by atoms with van der Waals surface area (Å²) in [6.07, 6.45) is -2.74. The van der Waals surface area contributed by atoms with Crippen molar-refractivity contribution in [2.24, 2.45) is 5.92 Å². The SMILES string of the molecule is O=C(NCC1CCOCC1)c1ccc(NC(=O)N2CCn3c(nnc3C(F)(F)F)C2)cc1. The van der Waals surface area contributed by atoms with E-state index in [4.69, 9.17) is 4.74 Å². The minimum absolute atomic E-state index is 0.0448. The van der Waals surface area contributed by atoms with E-state index in [1.807, 2.05) is 0 Å². The van der Waals surface area contributed by atoms with Crippen LogP contribution in [0.2, 0.25) is 0 Å². The van der Waals surface area contributed by atoms with Gasteiger partial charge in [0.2, 0.25) is 5.82 Å². The van der Waals surface area contributed by atoms with Gasteiger partial charge in [-0.2, -0.15) is 13.2 Å². The summed E-state index contributed by atoms with van der Waals surface area (Å²) in [6.45, 7) is 1.99. The molecule has 1 aromatic carbocycles. The summed E-state index contributed by atoms with van der Waals surface area (Å²) in [5.74, 6) is -0.757. The number of carbonyl (C=O) groups excluding carboxylic acids is 2. The Kier molecular flexibility index (Phi) is 6.31. The Morgan fingerprint density at radius 2 is 1.81 bits per heavy atom. The lowest BCUT2D eigenvalue weighted by molar-refractivity contribution is -0.147. The number of benzene rings is 1. The van der Waals surface area contributed by atoms with Crippen molar-refractivity contribution in [3.05, 3.63) is 41.5 Å². The van der Waals surface area contributed by atoms with Gasteiger partial charge in [0.25, 0.3) is 5.91 Å². The molecule has 0 radical (unpaired) electrons. The van der Waals surface area contributed by atoms with E-state index in [1.54, 1.807) is 24.3 Å². The van der Waals surface area contributed by atoms with Crippen LogP contribution in [0.15, 0.2) is 24.3 Å². The zero-order chi connectivity index (χ0) is 22.7. The number of nitrogens with zero attached hydrogens (tertiary/aromatic N) is 4. The Balaban J connectivity index is 1.30. The first-order chi connectivity index (χ1) is 15.3. The highest BCUT2D eigenvalue weighted by Crippen LogP contribution is 2.29. The standard InChI is InChI=1S/C20H23F3N6O3/c21-20(22,23)18-27-26-16-12-28(7-8-29(16)18)19(31)25-15-3-1-14(2-4-15)17(30)24-11-13-5-9-32-10-6-13/h1-4,13H,5-12H2,(H,24,30)(H,25,31). The van der Waals surface area contributed by atoms with Crippen LogP contribution < -0.4 is 10.6 Å². The smallest absolute Gasteiger partial charge is 0.381 e. The lowest BCUT2D eigenvalue weighted by Crippen LogP contribution is -2.41. The number of carbonyl (C=O) groups is 2. The van der Waals surface area contributed by atoms with E-state index in [0.29, 0.717) is 36.9 Å². The molecule has 3 heterocycles. The molecule has 0 unspecified atom stereocenters. The largest absolute Gasteiger partial charge is 0.451 e. The molecular weight excluding hydrogens is 429 g/mol. The van der Waals surface area contributed by atoms with E-state index in [2.05, 4.69) is 20.8 Å². The summed E-state index contributed by atoms with van der Waals surface area (Å²) in [5, 5.41) is 12.4. The summed E-state index contributed by atoms with van der Waals surface area (Å²) >= 11 is 0. The van der Waals surface area contributed by atoms with Gasteiger partial charge in [-0.1, -0.05) is 0 Å². The minimum atomic E-state index is -4.59. The van der Waals surface area contributed by atoms with Crippen molar-refractivity contribution in [2.75, 3.05) is 31.6 Å². The molecule has 0 bridgehead atoms. The topological polar surface area (TPSA) is 101 Å². The molecule has 3 amide bonds. The molecule has 1 fully saturated rings.